The van der Waals surface area contributed by atoms with Crippen molar-refractivity contribution in [2.75, 3.05) is 19.6 Å². The second kappa shape index (κ2) is 4.20. The van der Waals surface area contributed by atoms with Crippen molar-refractivity contribution in [3.05, 3.63) is 0 Å². The molecule has 2 aliphatic rings. The average Bonchev–Trinajstić information content (AvgIpc) is 3.04. The molecule has 3 heteroatoms. The molecule has 2 rings (SSSR count). The van der Waals surface area contributed by atoms with Crippen LogP contribution in [0.25, 0.3) is 0 Å². The zero-order valence-corrected chi connectivity index (χ0v) is 9.04. The summed E-state index contributed by atoms with van der Waals surface area (Å²) in [5, 5.41) is 0. The lowest BCUT2D eigenvalue weighted by Gasteiger charge is -2.32. The maximum Gasteiger partial charge on any atom is 0.320 e. The third-order valence-corrected chi connectivity index (χ3v) is 3.20. The van der Waals surface area contributed by atoms with Gasteiger partial charge in [0.2, 0.25) is 0 Å². The lowest BCUT2D eigenvalue weighted by molar-refractivity contribution is 0.143. The Bertz CT molecular complexity index is 207. The van der Waals surface area contributed by atoms with Crippen molar-refractivity contribution >= 4 is 6.03 Å². The molecule has 0 bridgehead atoms. The molecule has 0 aromatic carbocycles. The summed E-state index contributed by atoms with van der Waals surface area (Å²) in [7, 11) is 0. The van der Waals surface area contributed by atoms with E-state index in [-0.39, 0.29) is 6.03 Å². The topological polar surface area (TPSA) is 23.6 Å². The number of piperidine rings is 1. The number of carbonyl (C=O) groups excluding carboxylic acids is 1. The third-order valence-electron chi connectivity index (χ3n) is 3.20. The number of carbonyl (C=O) groups is 1. The molecule has 0 atom stereocenters. The molecule has 1 aliphatic heterocycles. The van der Waals surface area contributed by atoms with Crippen LogP contribution >= 0.6 is 0 Å². The summed E-state index contributed by atoms with van der Waals surface area (Å²) in [5.41, 5.74) is 0. The van der Waals surface area contributed by atoms with Crippen LogP contribution in [0.5, 0.6) is 0 Å². The summed E-state index contributed by atoms with van der Waals surface area (Å²) in [6, 6.07) is 0.851. The van der Waals surface area contributed by atoms with E-state index in [9.17, 15) is 4.79 Å². The van der Waals surface area contributed by atoms with Crippen LogP contribution in [-0.4, -0.2) is 41.5 Å². The van der Waals surface area contributed by atoms with Gasteiger partial charge in [0.15, 0.2) is 0 Å². The summed E-state index contributed by atoms with van der Waals surface area (Å²) < 4.78 is 0. The fraction of sp³-hybridized carbons (Fsp3) is 0.909. The quantitative estimate of drug-likeness (QED) is 0.663. The van der Waals surface area contributed by atoms with Crippen molar-refractivity contribution in [3.63, 3.8) is 0 Å². The van der Waals surface area contributed by atoms with Gasteiger partial charge in [-0.25, -0.2) is 4.79 Å². The zero-order valence-electron chi connectivity index (χ0n) is 9.04. The SMILES string of the molecule is CCN(C(=O)N1CCCCC1)C1CC1. The molecule has 0 N–H and O–H groups in total. The summed E-state index contributed by atoms with van der Waals surface area (Å²) >= 11 is 0. The van der Waals surface area contributed by atoms with Crippen LogP contribution < -0.4 is 0 Å². The lowest BCUT2D eigenvalue weighted by atomic mass is 10.1. The van der Waals surface area contributed by atoms with Crippen LogP contribution in [0, 0.1) is 0 Å². The van der Waals surface area contributed by atoms with Crippen molar-refractivity contribution < 1.29 is 4.79 Å². The minimum Gasteiger partial charge on any atom is -0.325 e. The molecule has 3 nitrogen and oxygen atoms in total. The van der Waals surface area contributed by atoms with Gasteiger partial charge in [0.25, 0.3) is 0 Å². The zero-order chi connectivity index (χ0) is 9.97. The van der Waals surface area contributed by atoms with E-state index in [4.69, 9.17) is 0 Å². The van der Waals surface area contributed by atoms with Crippen molar-refractivity contribution in [2.45, 2.75) is 45.1 Å². The fourth-order valence-electron chi connectivity index (χ4n) is 2.20. The molecule has 1 saturated heterocycles. The Labute approximate surface area is 86.1 Å². The molecular weight excluding hydrogens is 176 g/mol. The van der Waals surface area contributed by atoms with E-state index < -0.39 is 0 Å². The van der Waals surface area contributed by atoms with E-state index in [1.807, 2.05) is 9.80 Å². The Morgan fingerprint density at radius 2 is 1.93 bits per heavy atom. The van der Waals surface area contributed by atoms with E-state index >= 15 is 0 Å². The first-order valence-corrected chi connectivity index (χ1v) is 5.88. The van der Waals surface area contributed by atoms with Gasteiger partial charge in [0.1, 0.15) is 0 Å². The second-order valence-electron chi connectivity index (χ2n) is 4.35. The van der Waals surface area contributed by atoms with Crippen molar-refractivity contribution in [1.29, 1.82) is 0 Å². The molecule has 80 valence electrons. The molecule has 0 aromatic heterocycles. The van der Waals surface area contributed by atoms with Crippen LogP contribution in [0.3, 0.4) is 0 Å². The fourth-order valence-corrected chi connectivity index (χ4v) is 2.20. The third kappa shape index (κ3) is 2.02. The van der Waals surface area contributed by atoms with Gasteiger partial charge >= 0.3 is 6.03 Å². The van der Waals surface area contributed by atoms with Crippen LogP contribution in [0.1, 0.15) is 39.0 Å². The van der Waals surface area contributed by atoms with E-state index in [1.165, 1.54) is 32.1 Å². The molecular formula is C11H20N2O. The number of rotatable bonds is 2. The normalized spacial score (nSPS) is 22.2. The van der Waals surface area contributed by atoms with Gasteiger partial charge in [-0.3, -0.25) is 0 Å². The Hall–Kier alpha value is -0.730. The van der Waals surface area contributed by atoms with E-state index in [0.29, 0.717) is 6.04 Å². The Kier molecular flexibility index (Phi) is 2.94. The predicted octanol–water partition coefficient (Wildman–Crippen LogP) is 2.08. The molecule has 2 fully saturated rings. The first kappa shape index (κ1) is 9.81. The summed E-state index contributed by atoms with van der Waals surface area (Å²) in [6.07, 6.45) is 6.10. The largest absolute Gasteiger partial charge is 0.325 e. The van der Waals surface area contributed by atoms with Gasteiger partial charge in [-0.15, -0.1) is 0 Å². The van der Waals surface area contributed by atoms with E-state index in [2.05, 4.69) is 6.92 Å². The summed E-state index contributed by atoms with van der Waals surface area (Å²) in [5.74, 6) is 0. The lowest BCUT2D eigenvalue weighted by Crippen LogP contribution is -2.46. The number of hydrogen-bond donors (Lipinski definition) is 0. The molecule has 1 aliphatic carbocycles. The van der Waals surface area contributed by atoms with Crippen molar-refractivity contribution in [1.82, 2.24) is 9.80 Å². The second-order valence-corrected chi connectivity index (χ2v) is 4.35. The molecule has 0 radical (unpaired) electrons. The van der Waals surface area contributed by atoms with Gasteiger partial charge in [-0.1, -0.05) is 0 Å². The van der Waals surface area contributed by atoms with Crippen LogP contribution in [-0.2, 0) is 0 Å². The summed E-state index contributed by atoms with van der Waals surface area (Å²) in [6.45, 7) is 4.91. The number of likely N-dealkylation sites (tertiary alicyclic amines) is 1. The molecule has 2 amide bonds. The smallest absolute Gasteiger partial charge is 0.320 e. The van der Waals surface area contributed by atoms with Crippen molar-refractivity contribution in [3.8, 4) is 0 Å². The Morgan fingerprint density at radius 1 is 1.29 bits per heavy atom. The molecule has 14 heavy (non-hydrogen) atoms. The highest BCUT2D eigenvalue weighted by Crippen LogP contribution is 2.28. The van der Waals surface area contributed by atoms with E-state index in [1.54, 1.807) is 0 Å². The maximum absolute atomic E-state index is 12.1. The van der Waals surface area contributed by atoms with Crippen molar-refractivity contribution in [2.24, 2.45) is 0 Å². The highest BCUT2D eigenvalue weighted by molar-refractivity contribution is 5.75. The molecule has 1 saturated carbocycles. The number of hydrogen-bond acceptors (Lipinski definition) is 1. The highest BCUT2D eigenvalue weighted by atomic mass is 16.2. The van der Waals surface area contributed by atoms with Gasteiger partial charge in [0, 0.05) is 25.7 Å². The van der Waals surface area contributed by atoms with Gasteiger partial charge < -0.3 is 9.80 Å². The average molecular weight is 196 g/mol. The number of urea groups is 1. The first-order chi connectivity index (χ1) is 6.83. The number of amides is 2. The molecule has 0 spiro atoms. The highest BCUT2D eigenvalue weighted by Gasteiger charge is 2.33. The number of nitrogens with zero attached hydrogens (tertiary/aromatic N) is 2. The maximum atomic E-state index is 12.1. The minimum absolute atomic E-state index is 0.287. The van der Waals surface area contributed by atoms with Crippen LogP contribution in [0.2, 0.25) is 0 Å². The Morgan fingerprint density at radius 3 is 2.43 bits per heavy atom. The monoisotopic (exact) mass is 196 g/mol. The van der Waals surface area contributed by atoms with Gasteiger partial charge in [-0.2, -0.15) is 0 Å². The standard InChI is InChI=1S/C11H20N2O/c1-2-13(10-6-7-10)11(14)12-8-4-3-5-9-12/h10H,2-9H2,1H3. The summed E-state index contributed by atoms with van der Waals surface area (Å²) in [4.78, 5) is 16.1. The molecule has 1 heterocycles. The Balaban J connectivity index is 1.90. The molecule has 0 aromatic rings. The minimum atomic E-state index is 0.287. The van der Waals surface area contributed by atoms with Gasteiger partial charge in [0.05, 0.1) is 0 Å². The van der Waals surface area contributed by atoms with Crippen LogP contribution in [0.4, 0.5) is 4.79 Å². The predicted molar refractivity (Wildman–Crippen MR) is 56.2 cm³/mol. The van der Waals surface area contributed by atoms with E-state index in [0.717, 1.165) is 19.6 Å². The first-order valence-electron chi connectivity index (χ1n) is 5.88. The van der Waals surface area contributed by atoms with Gasteiger partial charge in [-0.05, 0) is 39.0 Å². The molecule has 0 unspecified atom stereocenters. The van der Waals surface area contributed by atoms with Crippen LogP contribution in [0.15, 0.2) is 0 Å².